The number of anilines is 2. The van der Waals surface area contributed by atoms with Crippen LogP contribution >= 0.6 is 0 Å². The van der Waals surface area contributed by atoms with Gasteiger partial charge in [0.05, 0.1) is 6.54 Å². The molecule has 0 heterocycles. The minimum absolute atomic E-state index is 0.0466. The summed E-state index contributed by atoms with van der Waals surface area (Å²) in [4.78, 5) is 23.0. The Labute approximate surface area is 120 Å². The van der Waals surface area contributed by atoms with E-state index in [1.165, 1.54) is 0 Å². The lowest BCUT2D eigenvalue weighted by Crippen LogP contribution is -2.28. The number of amides is 2. The van der Waals surface area contributed by atoms with Gasteiger partial charge in [0.1, 0.15) is 0 Å². The lowest BCUT2D eigenvalue weighted by Gasteiger charge is -2.09. The fourth-order valence-corrected chi connectivity index (χ4v) is 1.63. The van der Waals surface area contributed by atoms with Crippen LogP contribution < -0.4 is 16.0 Å². The maximum atomic E-state index is 11.7. The van der Waals surface area contributed by atoms with E-state index in [9.17, 15) is 9.59 Å². The summed E-state index contributed by atoms with van der Waals surface area (Å²) in [6.07, 6.45) is 2.59. The Hall–Kier alpha value is -1.88. The number of rotatable bonds is 8. The third kappa shape index (κ3) is 6.33. The molecule has 1 aromatic rings. The average Bonchev–Trinajstić information content (AvgIpc) is 2.44. The molecule has 110 valence electrons. The largest absolute Gasteiger partial charge is 0.326 e. The first-order valence-electron chi connectivity index (χ1n) is 7.06. The topological polar surface area (TPSA) is 70.2 Å². The van der Waals surface area contributed by atoms with Crippen molar-refractivity contribution in [3.8, 4) is 0 Å². The fraction of sp³-hybridized carbons (Fsp3) is 0.467. The fourth-order valence-electron chi connectivity index (χ4n) is 1.63. The molecule has 0 aliphatic rings. The Morgan fingerprint density at radius 2 is 1.70 bits per heavy atom. The normalized spacial score (nSPS) is 10.1. The van der Waals surface area contributed by atoms with E-state index < -0.39 is 0 Å². The van der Waals surface area contributed by atoms with Crippen molar-refractivity contribution in [2.75, 3.05) is 23.7 Å². The van der Waals surface area contributed by atoms with Crippen LogP contribution in [0.5, 0.6) is 0 Å². The molecule has 1 rings (SSSR count). The van der Waals surface area contributed by atoms with Gasteiger partial charge in [0.25, 0.3) is 0 Å². The molecule has 0 saturated carbocycles. The summed E-state index contributed by atoms with van der Waals surface area (Å²) < 4.78 is 0. The standard InChI is InChI=1S/C15H23N3O2/c1-3-5-9-16-11-15(20)18-13-8-6-7-12(10-13)17-14(19)4-2/h6-8,10,16H,3-5,9,11H2,1-2H3,(H,17,19)(H,18,20). The molecule has 5 heteroatoms. The maximum Gasteiger partial charge on any atom is 0.238 e. The summed E-state index contributed by atoms with van der Waals surface area (Å²) in [6, 6.07) is 7.14. The van der Waals surface area contributed by atoms with E-state index in [2.05, 4.69) is 22.9 Å². The molecule has 0 saturated heterocycles. The van der Waals surface area contributed by atoms with Crippen molar-refractivity contribution < 1.29 is 9.59 Å². The van der Waals surface area contributed by atoms with E-state index in [4.69, 9.17) is 0 Å². The van der Waals surface area contributed by atoms with E-state index in [1.807, 2.05) is 0 Å². The highest BCUT2D eigenvalue weighted by Crippen LogP contribution is 2.15. The van der Waals surface area contributed by atoms with Crippen molar-refractivity contribution in [2.45, 2.75) is 33.1 Å². The number of carbonyl (C=O) groups excluding carboxylic acids is 2. The molecule has 5 nitrogen and oxygen atoms in total. The minimum Gasteiger partial charge on any atom is -0.326 e. The molecule has 0 aliphatic heterocycles. The van der Waals surface area contributed by atoms with Gasteiger partial charge in [0, 0.05) is 17.8 Å². The second kappa shape index (κ2) is 9.09. The summed E-state index contributed by atoms with van der Waals surface area (Å²) in [5.74, 6) is -0.130. The van der Waals surface area contributed by atoms with Gasteiger partial charge in [-0.05, 0) is 31.2 Å². The van der Waals surface area contributed by atoms with E-state index in [0.717, 1.165) is 19.4 Å². The molecule has 3 N–H and O–H groups in total. The molecule has 0 radical (unpaired) electrons. The highest BCUT2D eigenvalue weighted by atomic mass is 16.2. The quantitative estimate of drug-likeness (QED) is 0.639. The van der Waals surface area contributed by atoms with Gasteiger partial charge >= 0.3 is 0 Å². The molecule has 0 aromatic heterocycles. The number of hydrogen-bond donors (Lipinski definition) is 3. The zero-order valence-electron chi connectivity index (χ0n) is 12.2. The maximum absolute atomic E-state index is 11.7. The van der Waals surface area contributed by atoms with Gasteiger partial charge in [-0.1, -0.05) is 26.3 Å². The van der Waals surface area contributed by atoms with E-state index in [0.29, 0.717) is 24.3 Å². The van der Waals surface area contributed by atoms with E-state index in [-0.39, 0.29) is 11.8 Å². The predicted molar refractivity (Wildman–Crippen MR) is 81.8 cm³/mol. The molecule has 0 unspecified atom stereocenters. The monoisotopic (exact) mass is 277 g/mol. The Balaban J connectivity index is 2.45. The van der Waals surface area contributed by atoms with Crippen molar-refractivity contribution in [1.29, 1.82) is 0 Å². The molecule has 0 fully saturated rings. The van der Waals surface area contributed by atoms with Gasteiger partial charge in [-0.2, -0.15) is 0 Å². The van der Waals surface area contributed by atoms with Gasteiger partial charge in [0.2, 0.25) is 11.8 Å². The average molecular weight is 277 g/mol. The number of benzene rings is 1. The van der Waals surface area contributed by atoms with Crippen LogP contribution in [-0.4, -0.2) is 24.9 Å². The second-order valence-corrected chi connectivity index (χ2v) is 4.56. The zero-order valence-corrected chi connectivity index (χ0v) is 12.2. The van der Waals surface area contributed by atoms with Crippen molar-refractivity contribution in [2.24, 2.45) is 0 Å². The van der Waals surface area contributed by atoms with Crippen LogP contribution in [0.4, 0.5) is 11.4 Å². The van der Waals surface area contributed by atoms with Crippen molar-refractivity contribution in [3.63, 3.8) is 0 Å². The molecule has 0 spiro atoms. The smallest absolute Gasteiger partial charge is 0.238 e. The highest BCUT2D eigenvalue weighted by molar-refractivity contribution is 5.94. The Morgan fingerprint density at radius 3 is 2.30 bits per heavy atom. The van der Waals surface area contributed by atoms with Gasteiger partial charge in [-0.3, -0.25) is 9.59 Å². The second-order valence-electron chi connectivity index (χ2n) is 4.56. The highest BCUT2D eigenvalue weighted by Gasteiger charge is 2.03. The SMILES string of the molecule is CCCCNCC(=O)Nc1cccc(NC(=O)CC)c1. The molecular formula is C15H23N3O2. The van der Waals surface area contributed by atoms with Gasteiger partial charge < -0.3 is 16.0 Å². The third-order valence-corrected chi connectivity index (χ3v) is 2.74. The number of nitrogens with one attached hydrogen (secondary N) is 3. The van der Waals surface area contributed by atoms with Crippen LogP contribution in [0.3, 0.4) is 0 Å². The number of unbranched alkanes of at least 4 members (excludes halogenated alkanes) is 1. The first-order valence-corrected chi connectivity index (χ1v) is 7.06. The molecule has 20 heavy (non-hydrogen) atoms. The Kier molecular flexibility index (Phi) is 7.35. The van der Waals surface area contributed by atoms with Crippen molar-refractivity contribution >= 4 is 23.2 Å². The summed E-state index contributed by atoms with van der Waals surface area (Å²) in [5, 5.41) is 8.64. The zero-order chi connectivity index (χ0) is 14.8. The lowest BCUT2D eigenvalue weighted by molar-refractivity contribution is -0.116. The molecule has 0 aliphatic carbocycles. The molecule has 0 bridgehead atoms. The summed E-state index contributed by atoms with van der Waals surface area (Å²) in [7, 11) is 0. The van der Waals surface area contributed by atoms with Crippen LogP contribution in [0.1, 0.15) is 33.1 Å². The van der Waals surface area contributed by atoms with Crippen LogP contribution in [-0.2, 0) is 9.59 Å². The van der Waals surface area contributed by atoms with Crippen LogP contribution in [0.2, 0.25) is 0 Å². The summed E-state index contributed by atoms with van der Waals surface area (Å²) >= 11 is 0. The van der Waals surface area contributed by atoms with E-state index in [1.54, 1.807) is 31.2 Å². The van der Waals surface area contributed by atoms with Gasteiger partial charge in [-0.25, -0.2) is 0 Å². The number of hydrogen-bond acceptors (Lipinski definition) is 3. The van der Waals surface area contributed by atoms with Gasteiger partial charge in [0.15, 0.2) is 0 Å². The molecule has 1 aromatic carbocycles. The van der Waals surface area contributed by atoms with Crippen LogP contribution in [0, 0.1) is 0 Å². The van der Waals surface area contributed by atoms with Crippen LogP contribution in [0.15, 0.2) is 24.3 Å². The lowest BCUT2D eigenvalue weighted by atomic mass is 10.2. The number of carbonyl (C=O) groups is 2. The molecule has 2 amide bonds. The summed E-state index contributed by atoms with van der Waals surface area (Å²) in [5.41, 5.74) is 1.37. The Bertz CT molecular complexity index is 446. The summed E-state index contributed by atoms with van der Waals surface area (Å²) in [6.45, 7) is 5.04. The first-order chi connectivity index (χ1) is 9.65. The van der Waals surface area contributed by atoms with Crippen molar-refractivity contribution in [1.82, 2.24) is 5.32 Å². The molecular weight excluding hydrogens is 254 g/mol. The molecule has 0 atom stereocenters. The first kappa shape index (κ1) is 16.2. The predicted octanol–water partition coefficient (Wildman–Crippen LogP) is 2.36. The van der Waals surface area contributed by atoms with Crippen LogP contribution in [0.25, 0.3) is 0 Å². The Morgan fingerprint density at radius 1 is 1.05 bits per heavy atom. The van der Waals surface area contributed by atoms with Gasteiger partial charge in [-0.15, -0.1) is 0 Å². The van der Waals surface area contributed by atoms with E-state index >= 15 is 0 Å². The van der Waals surface area contributed by atoms with Crippen molar-refractivity contribution in [3.05, 3.63) is 24.3 Å². The third-order valence-electron chi connectivity index (χ3n) is 2.74. The minimum atomic E-state index is -0.0833.